The molecule has 14 heteroatoms. The summed E-state index contributed by atoms with van der Waals surface area (Å²) in [5.41, 5.74) is 6.52. The Balaban J connectivity index is 2.01. The lowest BCUT2D eigenvalue weighted by Gasteiger charge is -2.28. The summed E-state index contributed by atoms with van der Waals surface area (Å²) in [5, 5.41) is 4.87. The van der Waals surface area contributed by atoms with Gasteiger partial charge in [0.05, 0.1) is 22.3 Å². The second kappa shape index (κ2) is 12.3. The third-order valence-electron chi connectivity index (χ3n) is 6.44. The summed E-state index contributed by atoms with van der Waals surface area (Å²) >= 11 is 6.28. The number of alkyl halides is 6. The van der Waals surface area contributed by atoms with Crippen LogP contribution in [0.15, 0.2) is 53.5 Å². The van der Waals surface area contributed by atoms with Crippen LogP contribution in [0.5, 0.6) is 0 Å². The first-order chi connectivity index (χ1) is 18.6. The van der Waals surface area contributed by atoms with E-state index in [0.29, 0.717) is 11.1 Å². The van der Waals surface area contributed by atoms with E-state index in [9.17, 15) is 40.7 Å². The van der Waals surface area contributed by atoms with Crippen molar-refractivity contribution >= 4 is 40.7 Å². The molecule has 0 saturated heterocycles. The molecular weight excluding hydrogens is 566 g/mol. The number of nitrogens with two attached hydrogens (primary N) is 1. The number of benzene rings is 2. The van der Waals surface area contributed by atoms with E-state index in [1.807, 2.05) is 0 Å². The molecule has 216 valence electrons. The van der Waals surface area contributed by atoms with Gasteiger partial charge in [-0.3, -0.25) is 14.4 Å². The molecule has 40 heavy (non-hydrogen) atoms. The average molecular weight is 591 g/mol. The molecule has 3 rings (SSSR count). The van der Waals surface area contributed by atoms with Crippen molar-refractivity contribution in [2.45, 2.75) is 44.7 Å². The minimum absolute atomic E-state index is 0.138. The molecule has 4 N–H and O–H groups in total. The Kier molecular flexibility index (Phi) is 9.49. The lowest BCUT2D eigenvalue weighted by molar-refractivity contribution is -0.177. The summed E-state index contributed by atoms with van der Waals surface area (Å²) in [6.45, 7) is 0.727. The van der Waals surface area contributed by atoms with Gasteiger partial charge >= 0.3 is 12.4 Å². The van der Waals surface area contributed by atoms with Crippen LogP contribution in [0.2, 0.25) is 5.02 Å². The number of carbonyl (C=O) groups excluding carboxylic acids is 3. The van der Waals surface area contributed by atoms with E-state index in [4.69, 9.17) is 17.3 Å². The number of rotatable bonds is 9. The van der Waals surface area contributed by atoms with Gasteiger partial charge < -0.3 is 16.4 Å². The number of carbonyl (C=O) groups is 3. The van der Waals surface area contributed by atoms with E-state index in [2.05, 4.69) is 15.6 Å². The van der Waals surface area contributed by atoms with Crippen LogP contribution in [-0.2, 0) is 14.4 Å². The largest absolute Gasteiger partial charge is 0.391 e. The highest BCUT2D eigenvalue weighted by Gasteiger charge is 2.44. The molecule has 1 heterocycles. The van der Waals surface area contributed by atoms with E-state index in [-0.39, 0.29) is 16.4 Å². The first kappa shape index (κ1) is 30.9. The zero-order valence-corrected chi connectivity index (χ0v) is 21.7. The Morgan fingerprint density at radius 3 is 2.27 bits per heavy atom. The highest BCUT2D eigenvalue weighted by atomic mass is 35.5. The van der Waals surface area contributed by atoms with Crippen molar-refractivity contribution in [1.29, 1.82) is 0 Å². The van der Waals surface area contributed by atoms with Crippen LogP contribution in [-0.4, -0.2) is 42.0 Å². The van der Waals surface area contributed by atoms with Crippen LogP contribution in [0.4, 0.5) is 32.0 Å². The number of hydrogen-bond donors (Lipinski definition) is 3. The van der Waals surface area contributed by atoms with Crippen LogP contribution < -0.4 is 16.4 Å². The summed E-state index contributed by atoms with van der Waals surface area (Å²) in [7, 11) is 0. The maximum Gasteiger partial charge on any atom is 0.391 e. The van der Waals surface area contributed by atoms with Gasteiger partial charge in [0.2, 0.25) is 18.0 Å². The van der Waals surface area contributed by atoms with Gasteiger partial charge in [-0.25, -0.2) is 4.99 Å². The Morgan fingerprint density at radius 2 is 1.70 bits per heavy atom. The Labute approximate surface area is 230 Å². The summed E-state index contributed by atoms with van der Waals surface area (Å²) in [6, 6.07) is 13.1. The summed E-state index contributed by atoms with van der Waals surface area (Å²) in [5.74, 6) is -9.56. The number of nitrogens with zero attached hydrogens (tertiary/aromatic N) is 1. The maximum absolute atomic E-state index is 13.3. The molecule has 7 nitrogen and oxygen atoms in total. The van der Waals surface area contributed by atoms with E-state index in [1.165, 1.54) is 6.07 Å². The average Bonchev–Trinajstić information content (AvgIpc) is 2.99. The molecule has 0 aromatic heterocycles. The molecule has 0 radical (unpaired) electrons. The van der Waals surface area contributed by atoms with Crippen LogP contribution in [0.25, 0.3) is 0 Å². The zero-order valence-electron chi connectivity index (χ0n) is 20.9. The summed E-state index contributed by atoms with van der Waals surface area (Å²) < 4.78 is 78.9. The standard InChI is InChI=1S/C26H25ClF6N4O3/c1-13(26(31,32)33)12-17(21(34)38)15(10-11-25(28,29)30)23(39)37-22-24(40)36-20-16(8-5-9-18(20)27)19(35-22)14-6-3-2-4-7-14/h2-9,13,15,17,22H,10-12H2,1H3,(H2,34,38)(H,36,40)(H,37,39)/t13-,15?,17?,22+/m0/s1. The number of primary amides is 1. The minimum atomic E-state index is -4.79. The predicted octanol–water partition coefficient (Wildman–Crippen LogP) is 5.22. The fraction of sp³-hybridized carbons (Fsp3) is 0.385. The van der Waals surface area contributed by atoms with Gasteiger partial charge in [0.15, 0.2) is 0 Å². The van der Waals surface area contributed by atoms with Crippen molar-refractivity contribution in [3.63, 3.8) is 0 Å². The molecular formula is C26H25ClF6N4O3. The quantitative estimate of drug-likeness (QED) is 0.348. The third-order valence-corrected chi connectivity index (χ3v) is 6.76. The topological polar surface area (TPSA) is 114 Å². The Morgan fingerprint density at radius 1 is 1.05 bits per heavy atom. The fourth-order valence-electron chi connectivity index (χ4n) is 4.29. The molecule has 0 bridgehead atoms. The van der Waals surface area contributed by atoms with Gasteiger partial charge in [0.25, 0.3) is 5.91 Å². The highest BCUT2D eigenvalue weighted by Crippen LogP contribution is 2.36. The van der Waals surface area contributed by atoms with Crippen LogP contribution >= 0.6 is 11.6 Å². The van der Waals surface area contributed by atoms with Gasteiger partial charge in [0, 0.05) is 29.4 Å². The monoisotopic (exact) mass is 590 g/mol. The second-order valence-corrected chi connectivity index (χ2v) is 9.76. The van der Waals surface area contributed by atoms with Gasteiger partial charge in [-0.1, -0.05) is 61.0 Å². The maximum atomic E-state index is 13.3. The molecule has 0 aliphatic carbocycles. The zero-order chi connectivity index (χ0) is 29.8. The lowest BCUT2D eigenvalue weighted by atomic mass is 9.80. The van der Waals surface area contributed by atoms with E-state index in [0.717, 1.165) is 6.92 Å². The van der Waals surface area contributed by atoms with Crippen molar-refractivity contribution in [1.82, 2.24) is 5.32 Å². The van der Waals surface area contributed by atoms with Crippen molar-refractivity contribution in [2.75, 3.05) is 5.32 Å². The lowest BCUT2D eigenvalue weighted by Crippen LogP contribution is -2.48. The minimum Gasteiger partial charge on any atom is -0.369 e. The second-order valence-electron chi connectivity index (χ2n) is 9.35. The number of nitrogens with one attached hydrogen (secondary N) is 2. The van der Waals surface area contributed by atoms with E-state index >= 15 is 0 Å². The predicted molar refractivity (Wildman–Crippen MR) is 135 cm³/mol. The number of halogens is 7. The van der Waals surface area contributed by atoms with E-state index < -0.39 is 73.3 Å². The number of para-hydroxylation sites is 1. The number of anilines is 1. The molecule has 0 saturated carbocycles. The highest BCUT2D eigenvalue weighted by molar-refractivity contribution is 6.36. The van der Waals surface area contributed by atoms with Crippen molar-refractivity contribution < 1.29 is 40.7 Å². The van der Waals surface area contributed by atoms with Crippen molar-refractivity contribution in [3.05, 3.63) is 64.7 Å². The number of hydrogen-bond acceptors (Lipinski definition) is 4. The van der Waals surface area contributed by atoms with Gasteiger partial charge in [-0.2, -0.15) is 26.3 Å². The molecule has 1 aliphatic rings. The molecule has 3 amide bonds. The summed E-state index contributed by atoms with van der Waals surface area (Å²) in [4.78, 5) is 42.9. The van der Waals surface area contributed by atoms with Crippen LogP contribution in [0, 0.1) is 17.8 Å². The van der Waals surface area contributed by atoms with Gasteiger partial charge in [-0.05, 0) is 18.9 Å². The van der Waals surface area contributed by atoms with Gasteiger partial charge in [-0.15, -0.1) is 0 Å². The van der Waals surface area contributed by atoms with Gasteiger partial charge in [0.1, 0.15) is 0 Å². The number of amides is 3. The molecule has 0 fully saturated rings. The fourth-order valence-corrected chi connectivity index (χ4v) is 4.51. The van der Waals surface area contributed by atoms with Crippen molar-refractivity contribution in [3.8, 4) is 0 Å². The molecule has 2 aromatic carbocycles. The smallest absolute Gasteiger partial charge is 0.369 e. The Bertz CT molecular complexity index is 1280. The SMILES string of the molecule is C[C@@H](CC(C(N)=O)C(CCC(F)(F)F)C(=O)N[C@H]1N=C(c2ccccc2)c2cccc(Cl)c2NC1=O)C(F)(F)F. The number of benzodiazepines with no additional fused rings is 1. The summed E-state index contributed by atoms with van der Waals surface area (Å²) in [6.07, 6.45) is -14.9. The molecule has 1 aliphatic heterocycles. The Hall–Kier alpha value is -3.61. The molecule has 0 spiro atoms. The molecule has 4 atom stereocenters. The normalized spacial score (nSPS) is 17.9. The molecule has 2 aromatic rings. The van der Waals surface area contributed by atoms with Crippen molar-refractivity contribution in [2.24, 2.45) is 28.5 Å². The third kappa shape index (κ3) is 7.74. The number of fused-ring (bicyclic) bond motifs is 1. The van der Waals surface area contributed by atoms with Crippen LogP contribution in [0.3, 0.4) is 0 Å². The van der Waals surface area contributed by atoms with Crippen LogP contribution in [0.1, 0.15) is 37.3 Å². The first-order valence-electron chi connectivity index (χ1n) is 12.0. The van der Waals surface area contributed by atoms with E-state index in [1.54, 1.807) is 42.5 Å². The number of aliphatic imine (C=N–C) groups is 1. The first-order valence-corrected chi connectivity index (χ1v) is 12.4. The molecule has 2 unspecified atom stereocenters.